The number of carbonyl (C=O) groups excluding carboxylic acids is 1. The van der Waals surface area contributed by atoms with Crippen LogP contribution in [0.25, 0.3) is 0 Å². The van der Waals surface area contributed by atoms with E-state index in [-0.39, 0.29) is 5.91 Å². The highest BCUT2D eigenvalue weighted by Crippen LogP contribution is 2.29. The average molecular weight is 341 g/mol. The van der Waals surface area contributed by atoms with E-state index >= 15 is 0 Å². The van der Waals surface area contributed by atoms with Gasteiger partial charge in [-0.1, -0.05) is 36.4 Å². The fourth-order valence-corrected chi connectivity index (χ4v) is 2.93. The van der Waals surface area contributed by atoms with Gasteiger partial charge in [0.05, 0.1) is 11.6 Å². The maximum atomic E-state index is 14.2. The number of para-hydroxylation sites is 1. The molecule has 0 fully saturated rings. The zero-order valence-electron chi connectivity index (χ0n) is 13.0. The van der Waals surface area contributed by atoms with Crippen molar-refractivity contribution < 1.29 is 9.18 Å². The van der Waals surface area contributed by atoms with Crippen molar-refractivity contribution >= 4 is 28.9 Å². The summed E-state index contributed by atoms with van der Waals surface area (Å²) >= 11 is 5.16. The Kier molecular flexibility index (Phi) is 4.57. The molecule has 1 amide bonds. The molecule has 3 rings (SSSR count). The molecule has 2 aromatic rings. The number of allylic oxidation sites excluding steroid dienone is 1. The van der Waals surface area contributed by atoms with Crippen LogP contribution in [0.4, 0.5) is 10.1 Å². The standard InChI is InChI=1S/C18H16FN3OS/c1-11-15(17(23)21-12-7-3-2-4-8-12)16(22-18(24)20-11)13-9-5-6-10-14(13)19/h2-10,16H,1H3,(H,21,23)(H2,20,22,24)/t16-/m1/s1. The summed E-state index contributed by atoms with van der Waals surface area (Å²) in [6, 6.07) is 14.8. The molecule has 0 spiro atoms. The summed E-state index contributed by atoms with van der Waals surface area (Å²) in [6.07, 6.45) is 0. The Hall–Kier alpha value is -2.73. The van der Waals surface area contributed by atoms with E-state index in [1.54, 1.807) is 37.3 Å². The highest BCUT2D eigenvalue weighted by atomic mass is 32.1. The van der Waals surface area contributed by atoms with Crippen LogP contribution >= 0.6 is 12.2 Å². The van der Waals surface area contributed by atoms with Crippen LogP contribution in [0.3, 0.4) is 0 Å². The SMILES string of the molecule is CC1=C(C(=O)Nc2ccccc2)[C@@H](c2ccccc2F)NC(=S)N1. The number of thiocarbonyl (C=S) groups is 1. The summed E-state index contributed by atoms with van der Waals surface area (Å²) in [6.45, 7) is 1.75. The van der Waals surface area contributed by atoms with Gasteiger partial charge in [0.15, 0.2) is 5.11 Å². The lowest BCUT2D eigenvalue weighted by atomic mass is 9.94. The quantitative estimate of drug-likeness (QED) is 0.750. The van der Waals surface area contributed by atoms with Crippen LogP contribution in [0.1, 0.15) is 18.5 Å². The average Bonchev–Trinajstić information content (AvgIpc) is 2.55. The number of carbonyl (C=O) groups is 1. The number of hydrogen-bond acceptors (Lipinski definition) is 2. The molecule has 1 heterocycles. The fourth-order valence-electron chi connectivity index (χ4n) is 2.66. The first kappa shape index (κ1) is 16.1. The topological polar surface area (TPSA) is 53.2 Å². The summed E-state index contributed by atoms with van der Waals surface area (Å²) in [7, 11) is 0. The molecule has 2 aromatic carbocycles. The minimum absolute atomic E-state index is 0.311. The Labute approximate surface area is 144 Å². The molecule has 0 saturated heterocycles. The number of halogens is 1. The number of amides is 1. The van der Waals surface area contributed by atoms with Gasteiger partial charge in [-0.2, -0.15) is 0 Å². The lowest BCUT2D eigenvalue weighted by molar-refractivity contribution is -0.113. The van der Waals surface area contributed by atoms with Crippen molar-refractivity contribution in [3.8, 4) is 0 Å². The molecule has 24 heavy (non-hydrogen) atoms. The molecule has 0 bridgehead atoms. The van der Waals surface area contributed by atoms with Crippen molar-refractivity contribution in [2.75, 3.05) is 5.32 Å². The van der Waals surface area contributed by atoms with E-state index in [4.69, 9.17) is 12.2 Å². The molecule has 0 aliphatic carbocycles. The summed E-state index contributed by atoms with van der Waals surface area (Å²) in [4.78, 5) is 12.8. The van der Waals surface area contributed by atoms with Crippen molar-refractivity contribution in [2.24, 2.45) is 0 Å². The van der Waals surface area contributed by atoms with Crippen molar-refractivity contribution in [3.05, 3.63) is 77.2 Å². The molecule has 0 radical (unpaired) electrons. The molecular weight excluding hydrogens is 325 g/mol. The number of benzene rings is 2. The van der Waals surface area contributed by atoms with Gasteiger partial charge in [-0.15, -0.1) is 0 Å². The summed E-state index contributed by atoms with van der Waals surface area (Å²) in [5.41, 5.74) is 2.04. The highest BCUT2D eigenvalue weighted by Gasteiger charge is 2.31. The van der Waals surface area contributed by atoms with Gasteiger partial charge in [-0.3, -0.25) is 4.79 Å². The summed E-state index contributed by atoms with van der Waals surface area (Å²) in [5.74, 6) is -0.702. The zero-order chi connectivity index (χ0) is 17.1. The summed E-state index contributed by atoms with van der Waals surface area (Å²) in [5, 5.41) is 9.11. The third kappa shape index (κ3) is 3.28. The van der Waals surface area contributed by atoms with Crippen LogP contribution in [-0.2, 0) is 4.79 Å². The van der Waals surface area contributed by atoms with Crippen LogP contribution in [0.2, 0.25) is 0 Å². The Morgan fingerprint density at radius 2 is 1.79 bits per heavy atom. The lowest BCUT2D eigenvalue weighted by Gasteiger charge is -2.30. The molecule has 3 N–H and O–H groups in total. The Morgan fingerprint density at radius 3 is 2.50 bits per heavy atom. The van der Waals surface area contributed by atoms with Gasteiger partial charge in [-0.25, -0.2) is 4.39 Å². The third-order valence-corrected chi connectivity index (χ3v) is 3.98. The first-order valence-corrected chi connectivity index (χ1v) is 7.86. The predicted molar refractivity (Wildman–Crippen MR) is 95.8 cm³/mol. The van der Waals surface area contributed by atoms with E-state index in [9.17, 15) is 9.18 Å². The minimum Gasteiger partial charge on any atom is -0.351 e. The van der Waals surface area contributed by atoms with Crippen LogP contribution in [0, 0.1) is 5.82 Å². The molecule has 1 atom stereocenters. The van der Waals surface area contributed by atoms with Crippen molar-refractivity contribution in [3.63, 3.8) is 0 Å². The van der Waals surface area contributed by atoms with Gasteiger partial charge in [0.25, 0.3) is 5.91 Å². The molecule has 122 valence electrons. The fraction of sp³-hybridized carbons (Fsp3) is 0.111. The number of hydrogen-bond donors (Lipinski definition) is 3. The molecule has 0 saturated carbocycles. The van der Waals surface area contributed by atoms with Crippen LogP contribution < -0.4 is 16.0 Å². The van der Waals surface area contributed by atoms with Crippen molar-refractivity contribution in [1.29, 1.82) is 0 Å². The van der Waals surface area contributed by atoms with Crippen molar-refractivity contribution in [2.45, 2.75) is 13.0 Å². The Bertz CT molecular complexity index is 820. The smallest absolute Gasteiger partial charge is 0.255 e. The first-order valence-electron chi connectivity index (χ1n) is 7.45. The molecule has 4 nitrogen and oxygen atoms in total. The van der Waals surface area contributed by atoms with Crippen LogP contribution in [-0.4, -0.2) is 11.0 Å². The van der Waals surface area contributed by atoms with E-state index < -0.39 is 11.9 Å². The Balaban J connectivity index is 1.98. The number of nitrogens with one attached hydrogen (secondary N) is 3. The van der Waals surface area contributed by atoms with Gasteiger partial charge in [0.1, 0.15) is 5.82 Å². The molecular formula is C18H16FN3OS. The second kappa shape index (κ2) is 6.80. The lowest BCUT2D eigenvalue weighted by Crippen LogP contribution is -2.46. The van der Waals surface area contributed by atoms with Gasteiger partial charge in [0, 0.05) is 16.9 Å². The van der Waals surface area contributed by atoms with Crippen molar-refractivity contribution in [1.82, 2.24) is 10.6 Å². The third-order valence-electron chi connectivity index (χ3n) is 3.76. The maximum absolute atomic E-state index is 14.2. The van der Waals surface area contributed by atoms with E-state index in [0.717, 1.165) is 0 Å². The predicted octanol–water partition coefficient (Wildman–Crippen LogP) is 3.26. The van der Waals surface area contributed by atoms with E-state index in [2.05, 4.69) is 16.0 Å². The van der Waals surface area contributed by atoms with Gasteiger partial charge in [-0.05, 0) is 37.3 Å². The van der Waals surface area contributed by atoms with E-state index in [1.807, 2.05) is 18.2 Å². The molecule has 1 aliphatic heterocycles. The van der Waals surface area contributed by atoms with Gasteiger partial charge in [0.2, 0.25) is 0 Å². The minimum atomic E-state index is -0.649. The monoisotopic (exact) mass is 341 g/mol. The van der Waals surface area contributed by atoms with E-state index in [1.165, 1.54) is 6.07 Å². The number of rotatable bonds is 3. The molecule has 0 unspecified atom stereocenters. The zero-order valence-corrected chi connectivity index (χ0v) is 13.8. The molecule has 0 aromatic heterocycles. The first-order chi connectivity index (χ1) is 11.6. The molecule has 6 heteroatoms. The van der Waals surface area contributed by atoms with E-state index in [0.29, 0.717) is 27.6 Å². The van der Waals surface area contributed by atoms with Gasteiger partial charge >= 0.3 is 0 Å². The largest absolute Gasteiger partial charge is 0.351 e. The van der Waals surface area contributed by atoms with Crippen LogP contribution in [0.5, 0.6) is 0 Å². The normalized spacial score (nSPS) is 17.1. The van der Waals surface area contributed by atoms with Gasteiger partial charge < -0.3 is 16.0 Å². The Morgan fingerprint density at radius 1 is 1.12 bits per heavy atom. The number of anilines is 1. The second-order valence-corrected chi connectivity index (χ2v) is 5.82. The summed E-state index contributed by atoms with van der Waals surface area (Å²) < 4.78 is 14.2. The van der Waals surface area contributed by atoms with Crippen LogP contribution in [0.15, 0.2) is 65.9 Å². The highest BCUT2D eigenvalue weighted by molar-refractivity contribution is 7.80. The maximum Gasteiger partial charge on any atom is 0.255 e. The second-order valence-electron chi connectivity index (χ2n) is 5.41. The molecule has 1 aliphatic rings.